The summed E-state index contributed by atoms with van der Waals surface area (Å²) in [6.45, 7) is 5.12. The van der Waals surface area contributed by atoms with Gasteiger partial charge in [0.2, 0.25) is 0 Å². The first kappa shape index (κ1) is 12.6. The Morgan fingerprint density at radius 1 is 1.33 bits per heavy atom. The molecule has 0 saturated heterocycles. The fraction of sp³-hybridized carbons (Fsp3) is 0.357. The Kier molecular flexibility index (Phi) is 3.99. The van der Waals surface area contributed by atoms with Gasteiger partial charge in [0.25, 0.3) is 0 Å². The lowest BCUT2D eigenvalue weighted by Gasteiger charge is -2.11. The van der Waals surface area contributed by atoms with Crippen LogP contribution >= 0.6 is 0 Å². The highest BCUT2D eigenvalue weighted by Crippen LogP contribution is 2.28. The van der Waals surface area contributed by atoms with Crippen molar-refractivity contribution in [3.05, 3.63) is 36.0 Å². The van der Waals surface area contributed by atoms with Crippen molar-refractivity contribution in [1.29, 1.82) is 0 Å². The van der Waals surface area contributed by atoms with Crippen LogP contribution < -0.4 is 5.32 Å². The second-order valence-electron chi connectivity index (χ2n) is 4.66. The van der Waals surface area contributed by atoms with Gasteiger partial charge in [-0.05, 0) is 18.1 Å². The minimum absolute atomic E-state index is 0.106. The highest BCUT2D eigenvalue weighted by molar-refractivity contribution is 5.74. The molecule has 4 heteroatoms. The molecule has 4 nitrogen and oxygen atoms in total. The zero-order valence-electron chi connectivity index (χ0n) is 10.7. The highest BCUT2D eigenvalue weighted by Gasteiger charge is 2.10. The number of nitrogens with zero attached hydrogens (tertiary/aromatic N) is 1. The van der Waals surface area contributed by atoms with Crippen molar-refractivity contribution >= 4 is 5.69 Å². The van der Waals surface area contributed by atoms with Crippen molar-refractivity contribution in [1.82, 2.24) is 5.16 Å². The van der Waals surface area contributed by atoms with Gasteiger partial charge >= 0.3 is 0 Å². The van der Waals surface area contributed by atoms with Gasteiger partial charge in [-0.3, -0.25) is 0 Å². The maximum absolute atomic E-state index is 9.01. The molecule has 96 valence electrons. The zero-order chi connectivity index (χ0) is 13.0. The molecule has 2 N–H and O–H groups in total. The van der Waals surface area contributed by atoms with Gasteiger partial charge in [0.05, 0.1) is 6.61 Å². The van der Waals surface area contributed by atoms with Crippen LogP contribution in [-0.2, 0) is 6.61 Å². The lowest BCUT2D eigenvalue weighted by molar-refractivity contribution is 0.267. The molecule has 0 spiro atoms. The average molecular weight is 246 g/mol. The topological polar surface area (TPSA) is 58.3 Å². The molecule has 0 unspecified atom stereocenters. The number of rotatable bonds is 5. The number of benzene rings is 1. The van der Waals surface area contributed by atoms with E-state index >= 15 is 0 Å². The van der Waals surface area contributed by atoms with Crippen LogP contribution in [0.1, 0.15) is 19.5 Å². The van der Waals surface area contributed by atoms with Crippen molar-refractivity contribution in [3.63, 3.8) is 0 Å². The molecule has 1 aromatic heterocycles. The van der Waals surface area contributed by atoms with Crippen LogP contribution in [0.2, 0.25) is 0 Å². The molecular formula is C14H18N2O2. The molecule has 0 atom stereocenters. The quantitative estimate of drug-likeness (QED) is 0.851. The first-order chi connectivity index (χ1) is 8.70. The molecular weight excluding hydrogens is 228 g/mol. The average Bonchev–Trinajstić information content (AvgIpc) is 2.85. The number of aromatic nitrogens is 1. The summed E-state index contributed by atoms with van der Waals surface area (Å²) >= 11 is 0. The molecule has 0 aliphatic rings. The number of aliphatic hydroxyl groups excluding tert-OH is 1. The summed E-state index contributed by atoms with van der Waals surface area (Å²) in [6, 6.07) is 9.69. The predicted octanol–water partition coefficient (Wildman–Crippen LogP) is 2.90. The summed E-state index contributed by atoms with van der Waals surface area (Å²) in [5.74, 6) is 1.24. The summed E-state index contributed by atoms with van der Waals surface area (Å²) in [4.78, 5) is 0. The number of nitrogens with one attached hydrogen (secondary N) is 1. The Morgan fingerprint density at radius 3 is 2.78 bits per heavy atom. The lowest BCUT2D eigenvalue weighted by Crippen LogP contribution is -2.08. The largest absolute Gasteiger partial charge is 0.390 e. The molecule has 2 aromatic rings. The Balaban J connectivity index is 2.26. The van der Waals surface area contributed by atoms with E-state index in [9.17, 15) is 0 Å². The third-order valence-electron chi connectivity index (χ3n) is 2.61. The maximum atomic E-state index is 9.01. The van der Waals surface area contributed by atoms with Gasteiger partial charge in [0, 0.05) is 23.9 Å². The van der Waals surface area contributed by atoms with Crippen LogP contribution in [0.25, 0.3) is 11.3 Å². The third kappa shape index (κ3) is 2.90. The molecule has 0 saturated carbocycles. The van der Waals surface area contributed by atoms with E-state index in [1.807, 2.05) is 24.3 Å². The van der Waals surface area contributed by atoms with E-state index in [0.29, 0.717) is 17.4 Å². The number of hydrogen-bond acceptors (Lipinski definition) is 4. The number of para-hydroxylation sites is 1. The van der Waals surface area contributed by atoms with Crippen LogP contribution in [0, 0.1) is 5.92 Å². The first-order valence-corrected chi connectivity index (χ1v) is 6.10. The first-order valence-electron chi connectivity index (χ1n) is 6.10. The van der Waals surface area contributed by atoms with E-state index < -0.39 is 0 Å². The summed E-state index contributed by atoms with van der Waals surface area (Å²) in [7, 11) is 0. The molecule has 0 aliphatic heterocycles. The summed E-state index contributed by atoms with van der Waals surface area (Å²) in [5.41, 5.74) is 2.53. The highest BCUT2D eigenvalue weighted by atomic mass is 16.5. The SMILES string of the molecule is CC(C)CNc1ccccc1-c1cc(CO)no1. The van der Waals surface area contributed by atoms with E-state index in [1.165, 1.54) is 0 Å². The van der Waals surface area contributed by atoms with E-state index in [4.69, 9.17) is 9.63 Å². The third-order valence-corrected chi connectivity index (χ3v) is 2.61. The zero-order valence-corrected chi connectivity index (χ0v) is 10.7. The van der Waals surface area contributed by atoms with Crippen LogP contribution in [0.5, 0.6) is 0 Å². The molecule has 0 aliphatic carbocycles. The van der Waals surface area contributed by atoms with Crippen molar-refractivity contribution in [2.45, 2.75) is 20.5 Å². The number of aliphatic hydroxyl groups is 1. The maximum Gasteiger partial charge on any atom is 0.169 e. The monoisotopic (exact) mass is 246 g/mol. The molecule has 0 bridgehead atoms. The predicted molar refractivity (Wildman–Crippen MR) is 71.2 cm³/mol. The Bertz CT molecular complexity index is 506. The van der Waals surface area contributed by atoms with Crippen LogP contribution in [0.15, 0.2) is 34.9 Å². The second kappa shape index (κ2) is 5.69. The molecule has 0 fully saturated rings. The van der Waals surface area contributed by atoms with Gasteiger partial charge in [-0.25, -0.2) is 0 Å². The standard InChI is InChI=1S/C14H18N2O2/c1-10(2)8-15-13-6-4-3-5-12(13)14-7-11(9-17)16-18-14/h3-7,10,15,17H,8-9H2,1-2H3. The van der Waals surface area contributed by atoms with Crippen molar-refractivity contribution in [2.24, 2.45) is 5.92 Å². The smallest absolute Gasteiger partial charge is 0.169 e. The number of anilines is 1. The van der Waals surface area contributed by atoms with Gasteiger partial charge in [0.1, 0.15) is 5.69 Å². The Morgan fingerprint density at radius 2 is 2.11 bits per heavy atom. The molecule has 0 radical (unpaired) electrons. The molecule has 1 aromatic carbocycles. The van der Waals surface area contributed by atoms with Crippen molar-refractivity contribution in [3.8, 4) is 11.3 Å². The summed E-state index contributed by atoms with van der Waals surface area (Å²) < 4.78 is 5.24. The summed E-state index contributed by atoms with van der Waals surface area (Å²) in [5, 5.41) is 16.2. The normalized spacial score (nSPS) is 10.9. The van der Waals surface area contributed by atoms with Gasteiger partial charge in [-0.2, -0.15) is 0 Å². The Labute approximate surface area is 107 Å². The van der Waals surface area contributed by atoms with Gasteiger partial charge in [0.15, 0.2) is 5.76 Å². The minimum atomic E-state index is -0.106. The molecule has 0 amide bonds. The van der Waals surface area contributed by atoms with Crippen LogP contribution in [-0.4, -0.2) is 16.8 Å². The van der Waals surface area contributed by atoms with E-state index in [-0.39, 0.29) is 6.61 Å². The van der Waals surface area contributed by atoms with E-state index in [1.54, 1.807) is 6.07 Å². The van der Waals surface area contributed by atoms with Crippen molar-refractivity contribution in [2.75, 3.05) is 11.9 Å². The fourth-order valence-corrected chi connectivity index (χ4v) is 1.68. The molecule has 18 heavy (non-hydrogen) atoms. The Hall–Kier alpha value is -1.81. The fourth-order valence-electron chi connectivity index (χ4n) is 1.68. The van der Waals surface area contributed by atoms with Crippen LogP contribution in [0.4, 0.5) is 5.69 Å². The summed E-state index contributed by atoms with van der Waals surface area (Å²) in [6.07, 6.45) is 0. The van der Waals surface area contributed by atoms with Crippen molar-refractivity contribution < 1.29 is 9.63 Å². The van der Waals surface area contributed by atoms with Gasteiger partial charge < -0.3 is 14.9 Å². The van der Waals surface area contributed by atoms with Crippen LogP contribution in [0.3, 0.4) is 0 Å². The molecule has 2 rings (SSSR count). The number of hydrogen-bond donors (Lipinski definition) is 2. The second-order valence-corrected chi connectivity index (χ2v) is 4.66. The van der Waals surface area contributed by atoms with E-state index in [0.717, 1.165) is 17.8 Å². The van der Waals surface area contributed by atoms with E-state index in [2.05, 4.69) is 24.3 Å². The molecule has 1 heterocycles. The van der Waals surface area contributed by atoms with Gasteiger partial charge in [-0.15, -0.1) is 0 Å². The van der Waals surface area contributed by atoms with Gasteiger partial charge in [-0.1, -0.05) is 31.1 Å². The lowest BCUT2D eigenvalue weighted by atomic mass is 10.1. The minimum Gasteiger partial charge on any atom is -0.390 e.